The predicted molar refractivity (Wildman–Crippen MR) is 65.7 cm³/mol. The minimum atomic E-state index is -0.986. The number of nitrogens with one attached hydrogen (secondary N) is 1. The molecule has 0 fully saturated rings. The summed E-state index contributed by atoms with van der Waals surface area (Å²) in [7, 11) is 0. The van der Waals surface area contributed by atoms with E-state index in [1.54, 1.807) is 0 Å². The third kappa shape index (κ3) is 3.37. The van der Waals surface area contributed by atoms with Gasteiger partial charge in [-0.05, 0) is 24.3 Å². The molecule has 1 heterocycles. The minimum Gasteiger partial charge on any atom is -0.294 e. The van der Waals surface area contributed by atoms with Crippen molar-refractivity contribution in [3.8, 4) is 0 Å². The van der Waals surface area contributed by atoms with Crippen LogP contribution < -0.4 is 5.32 Å². The van der Waals surface area contributed by atoms with Crippen LogP contribution in [0.5, 0.6) is 0 Å². The second kappa shape index (κ2) is 5.91. The fourth-order valence-corrected chi connectivity index (χ4v) is 1.43. The van der Waals surface area contributed by atoms with Gasteiger partial charge in [-0.2, -0.15) is 5.11 Å². The minimum absolute atomic E-state index is 0.0578. The molecule has 0 bridgehead atoms. The van der Waals surface area contributed by atoms with Gasteiger partial charge >= 0.3 is 0 Å². The van der Waals surface area contributed by atoms with Crippen LogP contribution in [0, 0.1) is 5.82 Å². The highest BCUT2D eigenvalue weighted by Crippen LogP contribution is 2.06. The van der Waals surface area contributed by atoms with E-state index >= 15 is 0 Å². The van der Waals surface area contributed by atoms with Crippen LogP contribution in [0.15, 0.2) is 39.5 Å². The Kier molecular flexibility index (Phi) is 4.04. The number of carbonyl (C=O) groups is 3. The molecule has 0 atom stereocenters. The Bertz CT molecular complexity index is 622. The van der Waals surface area contributed by atoms with E-state index in [-0.39, 0.29) is 18.2 Å². The maximum Gasteiger partial charge on any atom is 0.294 e. The Labute approximate surface area is 112 Å². The number of hydrogen-bond acceptors (Lipinski definition) is 6. The van der Waals surface area contributed by atoms with E-state index in [0.717, 1.165) is 12.1 Å². The van der Waals surface area contributed by atoms with E-state index in [1.807, 2.05) is 0 Å². The number of azo groups is 1. The van der Waals surface area contributed by atoms with Crippen molar-refractivity contribution in [3.05, 3.63) is 35.6 Å². The van der Waals surface area contributed by atoms with Crippen molar-refractivity contribution in [1.82, 2.24) is 5.32 Å². The summed E-state index contributed by atoms with van der Waals surface area (Å²) < 4.78 is 12.7. The second-order valence-corrected chi connectivity index (χ2v) is 3.85. The Morgan fingerprint density at radius 1 is 1.20 bits per heavy atom. The smallest absolute Gasteiger partial charge is 0.294 e. The lowest BCUT2D eigenvalue weighted by Gasteiger charge is -2.01. The van der Waals surface area contributed by atoms with E-state index in [1.165, 1.54) is 12.1 Å². The van der Waals surface area contributed by atoms with Crippen molar-refractivity contribution >= 4 is 23.4 Å². The molecular weight excluding hydrogens is 267 g/mol. The Morgan fingerprint density at radius 2 is 1.90 bits per heavy atom. The van der Waals surface area contributed by atoms with Gasteiger partial charge in [0.25, 0.3) is 5.91 Å². The normalized spacial score (nSPS) is 12.9. The van der Waals surface area contributed by atoms with E-state index in [2.05, 4.69) is 20.5 Å². The Balaban J connectivity index is 1.93. The molecule has 0 unspecified atom stereocenters. The molecule has 1 aromatic carbocycles. The molecule has 0 aromatic heterocycles. The Hall–Kier alpha value is -2.77. The molecule has 102 valence electrons. The van der Waals surface area contributed by atoms with Crippen molar-refractivity contribution in [1.29, 1.82) is 0 Å². The number of amides is 1. The van der Waals surface area contributed by atoms with E-state index < -0.39 is 29.7 Å². The number of aliphatic imine (C=N–C) groups is 1. The van der Waals surface area contributed by atoms with Crippen LogP contribution in [0.25, 0.3) is 0 Å². The lowest BCUT2D eigenvalue weighted by Crippen LogP contribution is -2.35. The van der Waals surface area contributed by atoms with Gasteiger partial charge in [-0.3, -0.25) is 19.7 Å². The van der Waals surface area contributed by atoms with Gasteiger partial charge < -0.3 is 0 Å². The van der Waals surface area contributed by atoms with Crippen molar-refractivity contribution in [2.45, 2.75) is 6.42 Å². The van der Waals surface area contributed by atoms with Crippen LogP contribution in [0.2, 0.25) is 0 Å². The SMILES string of the molecule is O=C(CC(=O)c1ccc(F)cc1)C(=O)NC1=NCN=N1. The monoisotopic (exact) mass is 276 g/mol. The number of carbonyl (C=O) groups excluding carboxylic acids is 3. The molecule has 1 aliphatic rings. The maximum absolute atomic E-state index is 12.7. The van der Waals surface area contributed by atoms with Gasteiger partial charge in [0, 0.05) is 5.56 Å². The van der Waals surface area contributed by atoms with Gasteiger partial charge in [0.2, 0.25) is 11.7 Å². The third-order valence-electron chi connectivity index (χ3n) is 2.42. The maximum atomic E-state index is 12.7. The van der Waals surface area contributed by atoms with Crippen LogP contribution in [-0.2, 0) is 9.59 Å². The summed E-state index contributed by atoms with van der Waals surface area (Å²) in [5.74, 6) is -3.03. The van der Waals surface area contributed by atoms with E-state index in [0.29, 0.717) is 0 Å². The highest BCUT2D eigenvalue weighted by atomic mass is 19.1. The van der Waals surface area contributed by atoms with Crippen molar-refractivity contribution in [2.75, 3.05) is 6.67 Å². The van der Waals surface area contributed by atoms with Crippen LogP contribution in [0.4, 0.5) is 4.39 Å². The summed E-state index contributed by atoms with van der Waals surface area (Å²) in [6.07, 6.45) is -0.609. The molecular formula is C12H9FN4O3. The molecule has 0 spiro atoms. The zero-order chi connectivity index (χ0) is 14.5. The molecule has 1 aliphatic heterocycles. The molecule has 0 saturated carbocycles. The lowest BCUT2D eigenvalue weighted by molar-refractivity contribution is -0.136. The predicted octanol–water partition coefficient (Wildman–Crippen LogP) is 0.863. The number of halogens is 1. The first-order valence-electron chi connectivity index (χ1n) is 5.61. The number of ketones is 2. The standard InChI is InChI=1S/C12H9FN4O3/c13-8-3-1-7(2-4-8)9(18)5-10(19)11(20)16-12-14-6-15-17-12/h1-4H,5-6H2,(H,14,16,20). The van der Waals surface area contributed by atoms with Crippen LogP contribution >= 0.6 is 0 Å². The molecule has 0 radical (unpaired) electrons. The second-order valence-electron chi connectivity index (χ2n) is 3.85. The highest BCUT2D eigenvalue weighted by Gasteiger charge is 2.20. The van der Waals surface area contributed by atoms with Crippen LogP contribution in [0.3, 0.4) is 0 Å². The number of Topliss-reactive ketones (excluding diaryl/α,β-unsaturated/α-hetero) is 2. The lowest BCUT2D eigenvalue weighted by atomic mass is 10.1. The molecule has 20 heavy (non-hydrogen) atoms. The highest BCUT2D eigenvalue weighted by molar-refractivity contribution is 6.42. The zero-order valence-corrected chi connectivity index (χ0v) is 10.2. The first kappa shape index (κ1) is 13.7. The average molecular weight is 276 g/mol. The van der Waals surface area contributed by atoms with E-state index in [9.17, 15) is 18.8 Å². The number of nitrogens with zero attached hydrogens (tertiary/aromatic N) is 3. The third-order valence-corrected chi connectivity index (χ3v) is 2.42. The van der Waals surface area contributed by atoms with Crippen molar-refractivity contribution < 1.29 is 18.8 Å². The molecule has 1 aromatic rings. The summed E-state index contributed by atoms with van der Waals surface area (Å²) in [6.45, 7) is 0.0955. The Morgan fingerprint density at radius 3 is 2.50 bits per heavy atom. The first-order valence-corrected chi connectivity index (χ1v) is 5.61. The van der Waals surface area contributed by atoms with Crippen LogP contribution in [-0.4, -0.2) is 30.1 Å². The molecule has 7 nitrogen and oxygen atoms in total. The number of rotatable bonds is 4. The fraction of sp³-hybridized carbons (Fsp3) is 0.167. The summed E-state index contributed by atoms with van der Waals surface area (Å²) in [6, 6.07) is 4.70. The summed E-state index contributed by atoms with van der Waals surface area (Å²) in [5, 5.41) is 9.09. The summed E-state index contributed by atoms with van der Waals surface area (Å²) >= 11 is 0. The quantitative estimate of drug-likeness (QED) is 0.501. The molecule has 8 heteroatoms. The molecule has 1 amide bonds. The van der Waals surface area contributed by atoms with Gasteiger partial charge in [0.05, 0.1) is 6.42 Å². The largest absolute Gasteiger partial charge is 0.294 e. The number of guanidine groups is 1. The van der Waals surface area contributed by atoms with Gasteiger partial charge in [-0.1, -0.05) is 0 Å². The molecule has 0 aliphatic carbocycles. The molecule has 2 rings (SSSR count). The van der Waals surface area contributed by atoms with Gasteiger partial charge in [-0.25, -0.2) is 9.38 Å². The van der Waals surface area contributed by atoms with Gasteiger partial charge in [0.15, 0.2) is 12.5 Å². The fourth-order valence-electron chi connectivity index (χ4n) is 1.43. The van der Waals surface area contributed by atoms with Gasteiger partial charge in [0.1, 0.15) is 5.82 Å². The molecule has 1 N–H and O–H groups in total. The van der Waals surface area contributed by atoms with Gasteiger partial charge in [-0.15, -0.1) is 5.11 Å². The number of hydrogen-bond donors (Lipinski definition) is 1. The number of benzene rings is 1. The van der Waals surface area contributed by atoms with E-state index in [4.69, 9.17) is 0 Å². The zero-order valence-electron chi connectivity index (χ0n) is 10.2. The van der Waals surface area contributed by atoms with Crippen LogP contribution in [0.1, 0.15) is 16.8 Å². The summed E-state index contributed by atoms with van der Waals surface area (Å²) in [5.41, 5.74) is 0.158. The van der Waals surface area contributed by atoms with Crippen molar-refractivity contribution in [2.24, 2.45) is 15.2 Å². The molecule has 0 saturated heterocycles. The van der Waals surface area contributed by atoms with Crippen molar-refractivity contribution in [3.63, 3.8) is 0 Å². The topological polar surface area (TPSA) is 100 Å². The first-order chi connectivity index (χ1) is 9.56. The average Bonchev–Trinajstić information content (AvgIpc) is 2.92. The summed E-state index contributed by atoms with van der Waals surface area (Å²) in [4.78, 5) is 38.4.